The molecule has 2 aromatic carbocycles. The number of imidazole rings is 1. The van der Waals surface area contributed by atoms with E-state index in [0.29, 0.717) is 25.2 Å². The Balaban J connectivity index is 1.79. The van der Waals surface area contributed by atoms with Crippen LogP contribution in [-0.2, 0) is 0 Å². The van der Waals surface area contributed by atoms with Gasteiger partial charge in [0.1, 0.15) is 6.17 Å². The Morgan fingerprint density at radius 2 is 1.96 bits per heavy atom. The zero-order chi connectivity index (χ0) is 19.0. The van der Waals surface area contributed by atoms with Crippen LogP contribution in [0.3, 0.4) is 0 Å². The molecule has 1 fully saturated rings. The highest BCUT2D eigenvalue weighted by Gasteiger charge is 2.30. The second-order valence-corrected chi connectivity index (χ2v) is 7.06. The van der Waals surface area contributed by atoms with Gasteiger partial charge in [-0.3, -0.25) is 0 Å². The van der Waals surface area contributed by atoms with Gasteiger partial charge in [0, 0.05) is 13.1 Å². The fourth-order valence-electron chi connectivity index (χ4n) is 3.75. The summed E-state index contributed by atoms with van der Waals surface area (Å²) in [6.45, 7) is 10.3. The number of halogens is 1. The highest BCUT2D eigenvalue weighted by molar-refractivity contribution is 5.79. The molecule has 0 radical (unpaired) electrons. The van der Waals surface area contributed by atoms with Gasteiger partial charge in [0.15, 0.2) is 5.69 Å². The highest BCUT2D eigenvalue weighted by atomic mass is 19.1. The number of fused-ring (bicyclic) bond motifs is 1. The number of hydrogen-bond donors (Lipinski definition) is 1. The molecule has 4 rings (SSSR count). The highest BCUT2D eigenvalue weighted by Crippen LogP contribution is 2.32. The third kappa shape index (κ3) is 3.15. The van der Waals surface area contributed by atoms with Crippen LogP contribution in [0.4, 0.5) is 16.0 Å². The summed E-state index contributed by atoms with van der Waals surface area (Å²) in [5, 5.41) is 0. The van der Waals surface area contributed by atoms with E-state index in [1.165, 1.54) is 0 Å². The van der Waals surface area contributed by atoms with E-state index in [9.17, 15) is 4.39 Å². The fraction of sp³-hybridized carbons (Fsp3) is 0.333. The predicted molar refractivity (Wildman–Crippen MR) is 106 cm³/mol. The topological polar surface area (TPSA) is 51.4 Å². The average Bonchev–Trinajstić information content (AvgIpc) is 3.09. The average molecular weight is 363 g/mol. The van der Waals surface area contributed by atoms with E-state index in [4.69, 9.17) is 17.3 Å². The second kappa shape index (κ2) is 7.01. The van der Waals surface area contributed by atoms with Gasteiger partial charge in [-0.2, -0.15) is 0 Å². The number of benzene rings is 2. The largest absolute Gasteiger partial charge is 0.340 e. The van der Waals surface area contributed by atoms with Gasteiger partial charge in [0.25, 0.3) is 0 Å². The minimum Gasteiger partial charge on any atom is -0.340 e. The van der Waals surface area contributed by atoms with Crippen molar-refractivity contribution in [3.63, 3.8) is 0 Å². The number of para-hydroxylation sites is 2. The lowest BCUT2D eigenvalue weighted by Gasteiger charge is -2.35. The number of anilines is 1. The van der Waals surface area contributed by atoms with Crippen LogP contribution in [0, 0.1) is 6.57 Å². The molecule has 2 N–H and O–H groups in total. The summed E-state index contributed by atoms with van der Waals surface area (Å²) in [6, 6.07) is 15.2. The monoisotopic (exact) mass is 363 g/mol. The van der Waals surface area contributed by atoms with Crippen molar-refractivity contribution in [1.82, 2.24) is 9.55 Å². The summed E-state index contributed by atoms with van der Waals surface area (Å²) < 4.78 is 16.1. The van der Waals surface area contributed by atoms with Crippen LogP contribution >= 0.6 is 0 Å². The van der Waals surface area contributed by atoms with Crippen LogP contribution < -0.4 is 10.6 Å². The van der Waals surface area contributed by atoms with Crippen molar-refractivity contribution in [2.45, 2.75) is 31.6 Å². The van der Waals surface area contributed by atoms with Crippen molar-refractivity contribution in [2.75, 3.05) is 18.0 Å². The molecule has 0 spiro atoms. The first-order valence-corrected chi connectivity index (χ1v) is 9.17. The Morgan fingerprint density at radius 3 is 2.67 bits per heavy atom. The predicted octanol–water partition coefficient (Wildman–Crippen LogP) is 4.07. The number of piperidine rings is 1. The van der Waals surface area contributed by atoms with Gasteiger partial charge in [-0.15, -0.1) is 0 Å². The molecular weight excluding hydrogens is 341 g/mol. The lowest BCUT2D eigenvalue weighted by atomic mass is 10.0. The summed E-state index contributed by atoms with van der Waals surface area (Å²) in [7, 11) is 0. The van der Waals surface area contributed by atoms with E-state index in [0.717, 1.165) is 22.5 Å². The molecule has 2 heterocycles. The van der Waals surface area contributed by atoms with Gasteiger partial charge in [0.2, 0.25) is 5.95 Å². The quantitative estimate of drug-likeness (QED) is 0.714. The van der Waals surface area contributed by atoms with Gasteiger partial charge in [-0.05, 0) is 31.0 Å². The Kier molecular flexibility index (Phi) is 4.54. The second-order valence-electron chi connectivity index (χ2n) is 7.06. The van der Waals surface area contributed by atoms with Crippen molar-refractivity contribution in [3.05, 3.63) is 65.5 Å². The van der Waals surface area contributed by atoms with Crippen LogP contribution in [0.25, 0.3) is 15.9 Å². The van der Waals surface area contributed by atoms with E-state index in [1.54, 1.807) is 0 Å². The number of nitrogens with two attached hydrogens (primary N) is 1. The molecule has 5 nitrogen and oxygen atoms in total. The molecule has 0 amide bonds. The smallest absolute Gasteiger partial charge is 0.207 e. The summed E-state index contributed by atoms with van der Waals surface area (Å²) in [4.78, 5) is 10.4. The standard InChI is InChI=1S/C21H22FN5/c1-14(15-7-9-16(24-2)10-8-15)27-20-6-4-3-5-19(20)25-21(27)26-12-11-17(22)18(23)13-26/h3-10,14,17-18H,11-13,23H2,1H3/t14-,17-,18+/m0/s1. The molecule has 138 valence electrons. The third-order valence-electron chi connectivity index (χ3n) is 5.32. The molecular formula is C21H22FN5. The van der Waals surface area contributed by atoms with Crippen LogP contribution in [0.2, 0.25) is 0 Å². The van der Waals surface area contributed by atoms with Gasteiger partial charge in [-0.1, -0.05) is 36.4 Å². The normalized spacial score (nSPS) is 21.2. The Labute approximate surface area is 158 Å². The lowest BCUT2D eigenvalue weighted by molar-refractivity contribution is 0.243. The van der Waals surface area contributed by atoms with Gasteiger partial charge >= 0.3 is 0 Å². The van der Waals surface area contributed by atoms with Crippen molar-refractivity contribution in [1.29, 1.82) is 0 Å². The number of rotatable bonds is 3. The van der Waals surface area contributed by atoms with Crippen molar-refractivity contribution >= 4 is 22.7 Å². The number of aromatic nitrogens is 2. The first-order valence-electron chi connectivity index (χ1n) is 9.17. The molecule has 6 heteroatoms. The maximum Gasteiger partial charge on any atom is 0.207 e. The number of hydrogen-bond acceptors (Lipinski definition) is 3. The van der Waals surface area contributed by atoms with Crippen molar-refractivity contribution in [3.8, 4) is 0 Å². The van der Waals surface area contributed by atoms with Crippen molar-refractivity contribution < 1.29 is 4.39 Å². The van der Waals surface area contributed by atoms with Gasteiger partial charge < -0.3 is 15.2 Å². The van der Waals surface area contributed by atoms with Gasteiger partial charge in [-0.25, -0.2) is 14.2 Å². The van der Waals surface area contributed by atoms with Crippen LogP contribution in [0.5, 0.6) is 0 Å². The van der Waals surface area contributed by atoms with E-state index in [-0.39, 0.29) is 6.04 Å². The fourth-order valence-corrected chi connectivity index (χ4v) is 3.75. The molecule has 1 aromatic heterocycles. The third-order valence-corrected chi connectivity index (χ3v) is 5.32. The lowest BCUT2D eigenvalue weighted by Crippen LogP contribution is -2.50. The first-order chi connectivity index (χ1) is 13.1. The summed E-state index contributed by atoms with van der Waals surface area (Å²) in [5.74, 6) is 0.820. The zero-order valence-corrected chi connectivity index (χ0v) is 15.2. The molecule has 1 aliphatic rings. The minimum absolute atomic E-state index is 0.0199. The molecule has 0 unspecified atom stereocenters. The van der Waals surface area contributed by atoms with Crippen LogP contribution in [0.1, 0.15) is 24.9 Å². The molecule has 3 atom stereocenters. The van der Waals surface area contributed by atoms with Gasteiger partial charge in [0.05, 0.1) is 29.7 Å². The summed E-state index contributed by atoms with van der Waals surface area (Å²) in [6.07, 6.45) is -0.545. The van der Waals surface area contributed by atoms with Crippen LogP contribution in [0.15, 0.2) is 48.5 Å². The number of alkyl halides is 1. The molecule has 0 bridgehead atoms. The van der Waals surface area contributed by atoms with E-state index < -0.39 is 12.2 Å². The van der Waals surface area contributed by atoms with E-state index in [1.807, 2.05) is 42.5 Å². The molecule has 1 aliphatic heterocycles. The molecule has 3 aromatic rings. The molecule has 27 heavy (non-hydrogen) atoms. The molecule has 0 aliphatic carbocycles. The van der Waals surface area contributed by atoms with E-state index >= 15 is 0 Å². The maximum absolute atomic E-state index is 13.9. The van der Waals surface area contributed by atoms with Crippen molar-refractivity contribution in [2.24, 2.45) is 5.73 Å². The zero-order valence-electron chi connectivity index (χ0n) is 15.2. The Morgan fingerprint density at radius 1 is 1.22 bits per heavy atom. The summed E-state index contributed by atoms with van der Waals surface area (Å²) in [5.41, 5.74) is 9.65. The SMILES string of the molecule is [C-]#[N+]c1ccc([C@H](C)n2c(N3CC[C@H](F)[C@H](N)C3)nc3ccccc32)cc1. The van der Waals surface area contributed by atoms with E-state index in [2.05, 4.69) is 27.3 Å². The Bertz CT molecular complexity index is 988. The minimum atomic E-state index is -0.960. The van der Waals surface area contributed by atoms with Crippen LogP contribution in [-0.4, -0.2) is 34.9 Å². The first kappa shape index (κ1) is 17.5. The maximum atomic E-state index is 13.9. The number of nitrogens with zero attached hydrogens (tertiary/aromatic N) is 4. The molecule has 0 saturated carbocycles. The Hall–Kier alpha value is -2.91. The summed E-state index contributed by atoms with van der Waals surface area (Å²) >= 11 is 0. The molecule has 1 saturated heterocycles.